The molecule has 0 aromatic heterocycles. The van der Waals surface area contributed by atoms with Gasteiger partial charge >= 0.3 is 0 Å². The molecule has 0 aliphatic rings. The van der Waals surface area contributed by atoms with Crippen LogP contribution in [0, 0.1) is 6.92 Å². The average Bonchev–Trinajstić information content (AvgIpc) is 2.53. The van der Waals surface area contributed by atoms with Crippen molar-refractivity contribution in [1.29, 1.82) is 0 Å². The zero-order chi connectivity index (χ0) is 17.0. The van der Waals surface area contributed by atoms with Crippen molar-refractivity contribution in [3.8, 4) is 11.5 Å². The molecule has 0 unspecified atom stereocenters. The van der Waals surface area contributed by atoms with E-state index in [1.807, 2.05) is 13.8 Å². The highest BCUT2D eigenvalue weighted by Crippen LogP contribution is 2.22. The highest BCUT2D eigenvalue weighted by molar-refractivity contribution is 6.31. The fraction of sp³-hybridized carbons (Fsp3) is 0.176. The van der Waals surface area contributed by atoms with Gasteiger partial charge in [-0.05, 0) is 43.7 Å². The molecule has 0 atom stereocenters. The number of benzene rings is 2. The number of hydrazone groups is 1. The van der Waals surface area contributed by atoms with Crippen LogP contribution in [0.3, 0.4) is 0 Å². The third-order valence-electron chi connectivity index (χ3n) is 3.29. The van der Waals surface area contributed by atoms with E-state index in [2.05, 4.69) is 10.5 Å². The maximum absolute atomic E-state index is 12.1. The molecule has 2 aromatic carbocycles. The molecule has 6 heteroatoms. The van der Waals surface area contributed by atoms with E-state index in [9.17, 15) is 15.0 Å². The number of carbonyl (C=O) groups excluding carboxylic acids is 1. The fourth-order valence-electron chi connectivity index (χ4n) is 2.08. The monoisotopic (exact) mass is 332 g/mol. The molecule has 120 valence electrons. The smallest absolute Gasteiger partial charge is 0.275 e. The van der Waals surface area contributed by atoms with Crippen LogP contribution in [-0.2, 0) is 0 Å². The highest BCUT2D eigenvalue weighted by atomic mass is 35.5. The Morgan fingerprint density at radius 3 is 2.48 bits per heavy atom. The number of hydrogen-bond donors (Lipinski definition) is 3. The van der Waals surface area contributed by atoms with E-state index in [1.165, 1.54) is 18.2 Å². The Kier molecular flexibility index (Phi) is 5.24. The summed E-state index contributed by atoms with van der Waals surface area (Å²) in [5.41, 5.74) is 4.47. The molecule has 0 spiro atoms. The van der Waals surface area contributed by atoms with Gasteiger partial charge in [-0.2, -0.15) is 5.10 Å². The Labute approximate surface area is 139 Å². The SMILES string of the molecule is CC/C(=N\NC(=O)c1cc(Cl)ccc1O)c1cc(C)ccc1O. The van der Waals surface area contributed by atoms with Crippen molar-refractivity contribution in [2.45, 2.75) is 20.3 Å². The molecule has 0 bridgehead atoms. The summed E-state index contributed by atoms with van der Waals surface area (Å²) in [6, 6.07) is 9.35. The van der Waals surface area contributed by atoms with Crippen LogP contribution in [0.25, 0.3) is 0 Å². The largest absolute Gasteiger partial charge is 0.507 e. The lowest BCUT2D eigenvalue weighted by atomic mass is 10.0. The highest BCUT2D eigenvalue weighted by Gasteiger charge is 2.13. The van der Waals surface area contributed by atoms with Crippen molar-refractivity contribution in [2.75, 3.05) is 0 Å². The van der Waals surface area contributed by atoms with E-state index in [4.69, 9.17) is 11.6 Å². The van der Waals surface area contributed by atoms with E-state index in [-0.39, 0.29) is 17.1 Å². The van der Waals surface area contributed by atoms with Crippen molar-refractivity contribution >= 4 is 23.2 Å². The number of carbonyl (C=O) groups is 1. The molecule has 0 aliphatic heterocycles. The molecule has 0 fully saturated rings. The number of phenols is 2. The minimum absolute atomic E-state index is 0.0326. The summed E-state index contributed by atoms with van der Waals surface area (Å²) in [7, 11) is 0. The Morgan fingerprint density at radius 2 is 1.78 bits per heavy atom. The second kappa shape index (κ2) is 7.15. The lowest BCUT2D eigenvalue weighted by Crippen LogP contribution is -2.20. The third-order valence-corrected chi connectivity index (χ3v) is 3.53. The molecular weight excluding hydrogens is 316 g/mol. The molecule has 3 N–H and O–H groups in total. The molecule has 23 heavy (non-hydrogen) atoms. The van der Waals surface area contributed by atoms with Crippen LogP contribution in [0.15, 0.2) is 41.5 Å². The van der Waals surface area contributed by atoms with Gasteiger partial charge in [-0.25, -0.2) is 5.43 Å². The van der Waals surface area contributed by atoms with Crippen molar-refractivity contribution in [2.24, 2.45) is 5.10 Å². The molecule has 0 saturated heterocycles. The molecule has 0 heterocycles. The van der Waals surface area contributed by atoms with Gasteiger partial charge in [-0.1, -0.05) is 30.2 Å². The lowest BCUT2D eigenvalue weighted by molar-refractivity contribution is 0.0952. The van der Waals surface area contributed by atoms with Gasteiger partial charge in [-0.15, -0.1) is 0 Å². The first-order chi connectivity index (χ1) is 10.9. The summed E-state index contributed by atoms with van der Waals surface area (Å²) in [5.74, 6) is -0.669. The van der Waals surface area contributed by atoms with Gasteiger partial charge in [0.2, 0.25) is 0 Å². The van der Waals surface area contributed by atoms with Crippen molar-refractivity contribution in [3.63, 3.8) is 0 Å². The molecule has 1 amide bonds. The minimum Gasteiger partial charge on any atom is -0.507 e. The molecule has 0 radical (unpaired) electrons. The zero-order valence-electron chi connectivity index (χ0n) is 12.8. The first kappa shape index (κ1) is 16.8. The molecule has 2 rings (SSSR count). The van der Waals surface area contributed by atoms with E-state index in [0.717, 1.165) is 5.56 Å². The number of aromatic hydroxyl groups is 2. The molecule has 2 aromatic rings. The number of amides is 1. The summed E-state index contributed by atoms with van der Waals surface area (Å²) in [5, 5.41) is 24.1. The predicted molar refractivity (Wildman–Crippen MR) is 90.3 cm³/mol. The van der Waals surface area contributed by atoms with E-state index in [0.29, 0.717) is 22.7 Å². The van der Waals surface area contributed by atoms with Crippen LogP contribution >= 0.6 is 11.6 Å². The summed E-state index contributed by atoms with van der Waals surface area (Å²) in [6.07, 6.45) is 0.513. The third kappa shape index (κ3) is 4.02. The van der Waals surface area contributed by atoms with Gasteiger partial charge in [0.15, 0.2) is 0 Å². The standard InChI is InChI=1S/C17H17ClN2O3/c1-3-14(12-8-10(2)4-6-15(12)21)19-20-17(23)13-9-11(18)5-7-16(13)22/h4-9,21-22H,3H2,1-2H3,(H,20,23)/b19-14+. The summed E-state index contributed by atoms with van der Waals surface area (Å²) < 4.78 is 0. The number of phenolic OH excluding ortho intramolecular Hbond substituents is 2. The normalized spacial score (nSPS) is 11.3. The summed E-state index contributed by atoms with van der Waals surface area (Å²) in [4.78, 5) is 12.1. The molecule has 0 aliphatic carbocycles. The Bertz CT molecular complexity index is 772. The number of halogens is 1. The van der Waals surface area contributed by atoms with Gasteiger partial charge in [0.25, 0.3) is 5.91 Å². The van der Waals surface area contributed by atoms with E-state index in [1.54, 1.807) is 18.2 Å². The van der Waals surface area contributed by atoms with Crippen LogP contribution in [-0.4, -0.2) is 21.8 Å². The number of nitrogens with zero attached hydrogens (tertiary/aromatic N) is 1. The van der Waals surface area contributed by atoms with Crippen LogP contribution in [0.5, 0.6) is 11.5 Å². The van der Waals surface area contributed by atoms with Crippen molar-refractivity contribution in [3.05, 3.63) is 58.1 Å². The Morgan fingerprint density at radius 1 is 1.13 bits per heavy atom. The maximum Gasteiger partial charge on any atom is 0.275 e. The Hall–Kier alpha value is -2.53. The molecule has 0 saturated carbocycles. The summed E-state index contributed by atoms with van der Waals surface area (Å²) in [6.45, 7) is 3.77. The quantitative estimate of drug-likeness (QED) is 0.591. The predicted octanol–water partition coefficient (Wildman–Crippen LogP) is 3.60. The van der Waals surface area contributed by atoms with Crippen LogP contribution in [0.2, 0.25) is 5.02 Å². The Balaban J connectivity index is 2.27. The minimum atomic E-state index is -0.580. The maximum atomic E-state index is 12.1. The van der Waals surface area contributed by atoms with Crippen LogP contribution in [0.1, 0.15) is 34.8 Å². The number of aryl methyl sites for hydroxylation is 1. The lowest BCUT2D eigenvalue weighted by Gasteiger charge is -2.09. The second-order valence-corrected chi connectivity index (χ2v) is 5.47. The van der Waals surface area contributed by atoms with Crippen LogP contribution in [0.4, 0.5) is 0 Å². The molecular formula is C17H17ClN2O3. The summed E-state index contributed by atoms with van der Waals surface area (Å²) >= 11 is 5.82. The first-order valence-electron chi connectivity index (χ1n) is 7.07. The number of nitrogens with one attached hydrogen (secondary N) is 1. The van der Waals surface area contributed by atoms with Gasteiger partial charge in [0, 0.05) is 10.6 Å². The van der Waals surface area contributed by atoms with E-state index < -0.39 is 5.91 Å². The van der Waals surface area contributed by atoms with Crippen LogP contribution < -0.4 is 5.43 Å². The number of rotatable bonds is 4. The zero-order valence-corrected chi connectivity index (χ0v) is 13.6. The topological polar surface area (TPSA) is 81.9 Å². The van der Waals surface area contributed by atoms with Crippen molar-refractivity contribution in [1.82, 2.24) is 5.43 Å². The van der Waals surface area contributed by atoms with Gasteiger partial charge in [0.1, 0.15) is 11.5 Å². The van der Waals surface area contributed by atoms with E-state index >= 15 is 0 Å². The molecule has 5 nitrogen and oxygen atoms in total. The van der Waals surface area contributed by atoms with Gasteiger partial charge in [-0.3, -0.25) is 4.79 Å². The second-order valence-electron chi connectivity index (χ2n) is 5.04. The van der Waals surface area contributed by atoms with Gasteiger partial charge < -0.3 is 10.2 Å². The number of hydrogen-bond acceptors (Lipinski definition) is 4. The van der Waals surface area contributed by atoms with Crippen molar-refractivity contribution < 1.29 is 15.0 Å². The fourth-order valence-corrected chi connectivity index (χ4v) is 2.25. The average molecular weight is 333 g/mol. The first-order valence-corrected chi connectivity index (χ1v) is 7.45. The van der Waals surface area contributed by atoms with Gasteiger partial charge in [0.05, 0.1) is 11.3 Å².